The summed E-state index contributed by atoms with van der Waals surface area (Å²) in [5.41, 5.74) is -0.0117. The molecule has 31 heavy (non-hydrogen) atoms. The molecular formula is C22H47NO7P+. The molecule has 3 unspecified atom stereocenters. The number of carboxylic acid groups (broad SMARTS) is 1. The minimum atomic E-state index is -2.22. The van der Waals surface area contributed by atoms with Crippen LogP contribution >= 0.6 is 8.60 Å². The van der Waals surface area contributed by atoms with Crippen LogP contribution in [0.3, 0.4) is 0 Å². The van der Waals surface area contributed by atoms with Gasteiger partial charge in [-0.15, -0.1) is 0 Å². The van der Waals surface area contributed by atoms with Crippen molar-refractivity contribution in [3.63, 3.8) is 0 Å². The van der Waals surface area contributed by atoms with Crippen LogP contribution in [0.1, 0.15) is 85.0 Å². The molecule has 0 heterocycles. The number of quaternary nitrogens is 1. The van der Waals surface area contributed by atoms with Crippen LogP contribution in [0.15, 0.2) is 0 Å². The van der Waals surface area contributed by atoms with E-state index in [4.69, 9.17) is 18.9 Å². The van der Waals surface area contributed by atoms with E-state index in [0.29, 0.717) is 6.61 Å². The quantitative estimate of drug-likeness (QED) is 0.105. The highest BCUT2D eigenvalue weighted by molar-refractivity contribution is 7.40. The zero-order chi connectivity index (χ0) is 23.9. The van der Waals surface area contributed by atoms with Gasteiger partial charge in [0.2, 0.25) is 6.23 Å². The normalized spacial score (nSPS) is 15.6. The molecule has 0 bridgehead atoms. The minimum Gasteiger partial charge on any atom is -0.481 e. The van der Waals surface area contributed by atoms with Crippen LogP contribution in [0.5, 0.6) is 0 Å². The van der Waals surface area contributed by atoms with Crippen molar-refractivity contribution in [1.82, 2.24) is 0 Å². The van der Waals surface area contributed by atoms with Crippen molar-refractivity contribution in [3.05, 3.63) is 0 Å². The summed E-state index contributed by atoms with van der Waals surface area (Å²) in [5.74, 6) is -1.10. The average molecular weight is 469 g/mol. The van der Waals surface area contributed by atoms with Crippen molar-refractivity contribution in [3.8, 4) is 0 Å². The summed E-state index contributed by atoms with van der Waals surface area (Å²) in [6, 6.07) is 0. The van der Waals surface area contributed by atoms with E-state index >= 15 is 0 Å². The highest BCUT2D eigenvalue weighted by Crippen LogP contribution is 2.37. The molecule has 0 spiro atoms. The van der Waals surface area contributed by atoms with Gasteiger partial charge in [0, 0.05) is 6.61 Å². The first-order valence-electron chi connectivity index (χ1n) is 11.5. The molecule has 0 aliphatic heterocycles. The molecule has 9 heteroatoms. The average Bonchev–Trinajstić information content (AvgIpc) is 2.63. The van der Waals surface area contributed by atoms with Crippen molar-refractivity contribution < 1.29 is 38.2 Å². The van der Waals surface area contributed by atoms with Crippen molar-refractivity contribution >= 4 is 14.6 Å². The second-order valence-corrected chi connectivity index (χ2v) is 10.6. The van der Waals surface area contributed by atoms with E-state index in [2.05, 4.69) is 20.8 Å². The molecular weight excluding hydrogens is 421 g/mol. The Morgan fingerprint density at radius 2 is 1.52 bits per heavy atom. The van der Waals surface area contributed by atoms with Crippen LogP contribution in [0.4, 0.5) is 0 Å². The Morgan fingerprint density at radius 1 is 1.00 bits per heavy atom. The number of carbonyl (C=O) groups is 1. The second kappa shape index (κ2) is 16.3. The summed E-state index contributed by atoms with van der Waals surface area (Å²) in [7, 11) is 2.95. The molecule has 3 atom stereocenters. The first kappa shape index (κ1) is 30.7. The Morgan fingerprint density at radius 3 is 2.00 bits per heavy atom. The first-order valence-corrected chi connectivity index (χ1v) is 12.7. The van der Waals surface area contributed by atoms with Gasteiger partial charge in [-0.25, -0.2) is 0 Å². The van der Waals surface area contributed by atoms with Crippen molar-refractivity contribution in [2.45, 2.75) is 103 Å². The number of likely N-dealkylation sites (N-methyl/N-ethyl adjacent to an activating group) is 1. The molecule has 0 aromatic heterocycles. The van der Waals surface area contributed by atoms with Gasteiger partial charge in [-0.05, 0) is 33.1 Å². The molecule has 3 N–H and O–H groups in total. The Hall–Kier alpha value is -0.340. The fraction of sp³-hybridized carbons (Fsp3) is 0.955. The van der Waals surface area contributed by atoms with Crippen LogP contribution in [-0.2, 0) is 18.6 Å². The Kier molecular flexibility index (Phi) is 16.1. The maximum absolute atomic E-state index is 11.0. The Labute approximate surface area is 190 Å². The largest absolute Gasteiger partial charge is 0.481 e. The molecule has 0 saturated heterocycles. The van der Waals surface area contributed by atoms with Gasteiger partial charge >= 0.3 is 14.6 Å². The number of aliphatic carboxylic acids is 1. The topological polar surface area (TPSA) is 105 Å². The van der Waals surface area contributed by atoms with Crippen LogP contribution in [0.2, 0.25) is 0 Å². The summed E-state index contributed by atoms with van der Waals surface area (Å²) in [6.45, 7) is 7.66. The summed E-state index contributed by atoms with van der Waals surface area (Å²) < 4.78 is 16.6. The van der Waals surface area contributed by atoms with Gasteiger partial charge in [0.1, 0.15) is 0 Å². The van der Waals surface area contributed by atoms with E-state index in [1.54, 1.807) is 21.1 Å². The molecule has 0 aliphatic carbocycles. The number of rotatable bonds is 20. The maximum Gasteiger partial charge on any atom is 0.330 e. The van der Waals surface area contributed by atoms with Crippen LogP contribution in [0.25, 0.3) is 0 Å². The van der Waals surface area contributed by atoms with Gasteiger partial charge in [0.25, 0.3) is 0 Å². The zero-order valence-electron chi connectivity index (χ0n) is 20.5. The van der Waals surface area contributed by atoms with Crippen molar-refractivity contribution in [2.24, 2.45) is 0 Å². The number of nitrogens with zero attached hydrogens (tertiary/aromatic N) is 1. The molecule has 186 valence electrons. The second-order valence-electron chi connectivity index (χ2n) is 9.68. The third kappa shape index (κ3) is 16.9. The van der Waals surface area contributed by atoms with Gasteiger partial charge in [-0.3, -0.25) is 9.32 Å². The predicted octanol–water partition coefficient (Wildman–Crippen LogP) is 4.43. The molecule has 0 aromatic rings. The number of unbranched alkanes of at least 4 members (excludes halogenated alkanes) is 6. The molecule has 0 aromatic carbocycles. The van der Waals surface area contributed by atoms with E-state index in [1.807, 2.05) is 0 Å². The monoisotopic (exact) mass is 468 g/mol. The first-order chi connectivity index (χ1) is 14.4. The standard InChI is InChI=1S/C22H46NO7P/c1-7-15-22(2,3)28-16-13-11-9-8-10-12-14-17-29-31(27)30-19(18-20(24)25)21(26)23(4,5)6/h19,21,26-27H,7-18H2,1-6H3/p+1. The molecule has 0 aliphatic rings. The smallest absolute Gasteiger partial charge is 0.330 e. The summed E-state index contributed by atoms with van der Waals surface area (Å²) in [5, 5.41) is 19.3. The summed E-state index contributed by atoms with van der Waals surface area (Å²) in [6.07, 6.45) is 7.25. The molecule has 8 nitrogen and oxygen atoms in total. The van der Waals surface area contributed by atoms with Gasteiger partial charge in [-0.2, -0.15) is 0 Å². The summed E-state index contributed by atoms with van der Waals surface area (Å²) >= 11 is 0. The number of aliphatic hydroxyl groups excluding tert-OH is 1. The molecule has 0 amide bonds. The predicted molar refractivity (Wildman–Crippen MR) is 124 cm³/mol. The Balaban J connectivity index is 3.82. The summed E-state index contributed by atoms with van der Waals surface area (Å²) in [4.78, 5) is 21.0. The van der Waals surface area contributed by atoms with E-state index in [9.17, 15) is 14.8 Å². The van der Waals surface area contributed by atoms with Gasteiger partial charge in [0.05, 0.1) is 39.8 Å². The van der Waals surface area contributed by atoms with Gasteiger partial charge in [0.15, 0.2) is 6.10 Å². The third-order valence-electron chi connectivity index (χ3n) is 5.06. The lowest BCUT2D eigenvalue weighted by atomic mass is 10.0. The highest BCUT2D eigenvalue weighted by atomic mass is 31.2. The van der Waals surface area contributed by atoms with Crippen LogP contribution < -0.4 is 0 Å². The van der Waals surface area contributed by atoms with Crippen molar-refractivity contribution in [2.75, 3.05) is 34.4 Å². The molecule has 0 rings (SSSR count). The maximum atomic E-state index is 11.0. The highest BCUT2D eigenvalue weighted by Gasteiger charge is 2.35. The number of carboxylic acids is 1. The molecule has 0 saturated carbocycles. The fourth-order valence-corrected chi connectivity index (χ4v) is 4.03. The minimum absolute atomic E-state index is 0.0117. The molecule has 0 fully saturated rings. The zero-order valence-corrected chi connectivity index (χ0v) is 21.4. The van der Waals surface area contributed by atoms with E-state index in [1.165, 1.54) is 19.3 Å². The number of hydrogen-bond acceptors (Lipinski definition) is 6. The SMILES string of the molecule is CCCC(C)(C)OCCCCCCCCCOP(O)OC(CC(=O)O)C(O)[N+](C)(C)C. The van der Waals surface area contributed by atoms with Gasteiger partial charge < -0.3 is 28.9 Å². The Bertz CT molecular complexity index is 471. The van der Waals surface area contributed by atoms with Crippen molar-refractivity contribution in [1.29, 1.82) is 0 Å². The molecule has 0 radical (unpaired) electrons. The van der Waals surface area contributed by atoms with Crippen LogP contribution in [0, 0.1) is 0 Å². The third-order valence-corrected chi connectivity index (χ3v) is 5.92. The lowest BCUT2D eigenvalue weighted by Crippen LogP contribution is -2.52. The number of ether oxygens (including phenoxy) is 1. The van der Waals surface area contributed by atoms with Crippen LogP contribution in [-0.4, -0.2) is 77.8 Å². The fourth-order valence-electron chi connectivity index (χ4n) is 3.27. The van der Waals surface area contributed by atoms with E-state index in [0.717, 1.165) is 45.1 Å². The lowest BCUT2D eigenvalue weighted by Gasteiger charge is -2.34. The van der Waals surface area contributed by atoms with Gasteiger partial charge in [-0.1, -0.05) is 45.4 Å². The number of hydrogen-bond donors (Lipinski definition) is 3. The number of aliphatic hydroxyl groups is 1. The lowest BCUT2D eigenvalue weighted by molar-refractivity contribution is -0.922. The van der Waals surface area contributed by atoms with E-state index < -0.39 is 33.3 Å². The van der Waals surface area contributed by atoms with E-state index in [-0.39, 0.29) is 10.1 Å².